The third-order valence-corrected chi connectivity index (χ3v) is 9.23. The Morgan fingerprint density at radius 2 is 1.60 bits per heavy atom. The molecule has 2 fully saturated rings. The number of anilines is 2. The number of aromatic nitrogens is 2. The molecule has 5 aromatic rings. The van der Waals surface area contributed by atoms with Gasteiger partial charge in [0, 0.05) is 42.6 Å². The molecule has 2 aliphatic rings. The van der Waals surface area contributed by atoms with E-state index in [1.54, 1.807) is 0 Å². The molecule has 2 aromatic heterocycles. The Morgan fingerprint density at radius 1 is 0.833 bits per heavy atom. The summed E-state index contributed by atoms with van der Waals surface area (Å²) in [6.07, 6.45) is 5.23. The quantitative estimate of drug-likeness (QED) is 0.208. The number of piperidine rings is 1. The maximum atomic E-state index is 7.04. The molecule has 42 heavy (non-hydrogen) atoms. The molecule has 0 bridgehead atoms. The first-order chi connectivity index (χ1) is 20.5. The highest BCUT2D eigenvalue weighted by atomic mass is 35.5. The van der Waals surface area contributed by atoms with Crippen molar-refractivity contribution < 1.29 is 0 Å². The predicted octanol–water partition coefficient (Wildman–Crippen LogP) is 8.34. The van der Waals surface area contributed by atoms with Gasteiger partial charge in [0.25, 0.3) is 0 Å². The van der Waals surface area contributed by atoms with Gasteiger partial charge in [0.1, 0.15) is 6.04 Å². The third-order valence-electron chi connectivity index (χ3n) is 8.61. The Labute approximate surface area is 257 Å². The minimum atomic E-state index is -0.147. The molecule has 2 aliphatic heterocycles. The Bertz CT molecular complexity index is 1740. The summed E-state index contributed by atoms with van der Waals surface area (Å²) in [6, 6.07) is 31.5. The van der Waals surface area contributed by atoms with E-state index in [-0.39, 0.29) is 12.1 Å². The summed E-state index contributed by atoms with van der Waals surface area (Å²) < 4.78 is 2.27. The molecule has 0 spiro atoms. The van der Waals surface area contributed by atoms with Crippen LogP contribution in [0.15, 0.2) is 103 Å². The van der Waals surface area contributed by atoms with Gasteiger partial charge >= 0.3 is 0 Å². The van der Waals surface area contributed by atoms with Crippen LogP contribution in [0.25, 0.3) is 16.5 Å². The van der Waals surface area contributed by atoms with Crippen molar-refractivity contribution in [1.82, 2.24) is 14.9 Å². The Hall–Kier alpha value is -3.87. The zero-order valence-electron chi connectivity index (χ0n) is 23.8. The molecule has 4 atom stereocenters. The summed E-state index contributed by atoms with van der Waals surface area (Å²) in [6.45, 7) is 6.70. The molecule has 212 valence electrons. The van der Waals surface area contributed by atoms with Crippen LogP contribution in [0.1, 0.15) is 43.7 Å². The lowest BCUT2D eigenvalue weighted by atomic mass is 9.91. The van der Waals surface area contributed by atoms with E-state index >= 15 is 0 Å². The average molecular weight is 592 g/mol. The first kappa shape index (κ1) is 27.0. The van der Waals surface area contributed by atoms with Crippen molar-refractivity contribution in [1.29, 1.82) is 0 Å². The smallest absolute Gasteiger partial charge is 0.174 e. The van der Waals surface area contributed by atoms with Gasteiger partial charge in [-0.25, -0.2) is 0 Å². The number of halogens is 1. The minimum Gasteiger partial charge on any atom is -0.370 e. The van der Waals surface area contributed by atoms with Gasteiger partial charge in [-0.1, -0.05) is 61.8 Å². The van der Waals surface area contributed by atoms with Gasteiger partial charge in [0.2, 0.25) is 0 Å². The predicted molar refractivity (Wildman–Crippen MR) is 178 cm³/mol. The molecule has 5 nitrogen and oxygen atoms in total. The topological polar surface area (TPSA) is 36.3 Å². The second kappa shape index (κ2) is 11.1. The van der Waals surface area contributed by atoms with E-state index in [4.69, 9.17) is 28.8 Å². The normalized spacial score (nSPS) is 22.5. The zero-order chi connectivity index (χ0) is 28.8. The van der Waals surface area contributed by atoms with Crippen LogP contribution in [0.5, 0.6) is 0 Å². The molecule has 0 saturated carbocycles. The van der Waals surface area contributed by atoms with Gasteiger partial charge in [-0.3, -0.25) is 4.98 Å². The van der Waals surface area contributed by atoms with E-state index in [1.165, 1.54) is 17.2 Å². The Balaban J connectivity index is 1.31. The van der Waals surface area contributed by atoms with Crippen molar-refractivity contribution in [2.45, 2.75) is 32.4 Å². The van der Waals surface area contributed by atoms with Gasteiger partial charge in [-0.15, -0.1) is 0 Å². The van der Waals surface area contributed by atoms with Crippen LogP contribution in [0.2, 0.25) is 5.02 Å². The summed E-state index contributed by atoms with van der Waals surface area (Å²) in [5.41, 5.74) is 5.22. The molecule has 0 radical (unpaired) electrons. The molecule has 1 N–H and O–H groups in total. The Kier molecular flexibility index (Phi) is 7.12. The van der Waals surface area contributed by atoms with Crippen LogP contribution in [0.4, 0.5) is 11.4 Å². The number of benzene rings is 3. The minimum absolute atomic E-state index is 0.143. The van der Waals surface area contributed by atoms with Crippen molar-refractivity contribution in [3.8, 4) is 5.69 Å². The molecule has 0 unspecified atom stereocenters. The van der Waals surface area contributed by atoms with E-state index in [9.17, 15) is 0 Å². The highest BCUT2D eigenvalue weighted by Crippen LogP contribution is 2.44. The zero-order valence-corrected chi connectivity index (χ0v) is 25.4. The first-order valence-electron chi connectivity index (χ1n) is 14.7. The van der Waals surface area contributed by atoms with E-state index in [2.05, 4.69) is 119 Å². The number of fused-ring (bicyclic) bond motifs is 1. The monoisotopic (exact) mass is 591 g/mol. The van der Waals surface area contributed by atoms with Crippen molar-refractivity contribution in [2.24, 2.45) is 11.8 Å². The number of rotatable bonds is 5. The van der Waals surface area contributed by atoms with Gasteiger partial charge in [-0.05, 0) is 95.8 Å². The van der Waals surface area contributed by atoms with Crippen LogP contribution >= 0.6 is 23.8 Å². The maximum absolute atomic E-state index is 7.04. The molecular weight excluding hydrogens is 558 g/mol. The van der Waals surface area contributed by atoms with Crippen molar-refractivity contribution in [2.75, 3.05) is 22.9 Å². The number of thiocarbonyl (C=S) groups is 1. The summed E-state index contributed by atoms with van der Waals surface area (Å²) in [7, 11) is 0. The van der Waals surface area contributed by atoms with Crippen molar-refractivity contribution >= 4 is 51.1 Å². The number of nitrogens with one attached hydrogen (secondary N) is 1. The van der Waals surface area contributed by atoms with E-state index in [0.717, 1.165) is 46.6 Å². The number of hydrogen-bond acceptors (Lipinski definition) is 3. The van der Waals surface area contributed by atoms with E-state index < -0.39 is 0 Å². The van der Waals surface area contributed by atoms with Gasteiger partial charge in [0.15, 0.2) is 5.11 Å². The number of nitrogens with zero attached hydrogens (tertiary/aromatic N) is 4. The fraction of sp³-hybridized carbons (Fsp3) is 0.257. The summed E-state index contributed by atoms with van der Waals surface area (Å²) in [5.74, 6) is 1.29. The fourth-order valence-corrected chi connectivity index (χ4v) is 7.53. The lowest BCUT2D eigenvalue weighted by Gasteiger charge is -2.37. The molecule has 2 saturated heterocycles. The molecule has 0 aliphatic carbocycles. The second-order valence-electron chi connectivity index (χ2n) is 11.8. The largest absolute Gasteiger partial charge is 0.370 e. The highest BCUT2D eigenvalue weighted by Gasteiger charge is 2.42. The Morgan fingerprint density at radius 3 is 2.36 bits per heavy atom. The van der Waals surface area contributed by atoms with Crippen LogP contribution in [0, 0.1) is 11.8 Å². The number of pyridine rings is 1. The van der Waals surface area contributed by atoms with Gasteiger partial charge in [-0.2, -0.15) is 0 Å². The van der Waals surface area contributed by atoms with E-state index in [0.29, 0.717) is 16.9 Å². The van der Waals surface area contributed by atoms with Crippen LogP contribution in [-0.4, -0.2) is 27.8 Å². The summed E-state index contributed by atoms with van der Waals surface area (Å²) in [5, 5.41) is 7.44. The third kappa shape index (κ3) is 4.93. The number of hydrogen-bond donors (Lipinski definition) is 1. The van der Waals surface area contributed by atoms with Crippen molar-refractivity contribution in [3.63, 3.8) is 0 Å². The summed E-state index contributed by atoms with van der Waals surface area (Å²) in [4.78, 5) is 9.39. The van der Waals surface area contributed by atoms with Crippen LogP contribution < -0.4 is 15.1 Å². The molecular formula is C35H34ClN5S. The average Bonchev–Trinajstić information content (AvgIpc) is 3.61. The SMILES string of the molecule is C[C@H]1C[C@H](C)CN(c2ccc(N3C(=S)N[C@@H](c4ccccn4)[C@@H]3c3cccn3-c3ccc4ccccc4c3)cc2Cl)C1. The lowest BCUT2D eigenvalue weighted by molar-refractivity contribution is 0.357. The summed E-state index contributed by atoms with van der Waals surface area (Å²) >= 11 is 13.1. The maximum Gasteiger partial charge on any atom is 0.174 e. The second-order valence-corrected chi connectivity index (χ2v) is 12.6. The molecule has 3 aromatic carbocycles. The molecule has 0 amide bonds. The van der Waals surface area contributed by atoms with Gasteiger partial charge in [0.05, 0.1) is 22.4 Å². The van der Waals surface area contributed by atoms with Crippen LogP contribution in [-0.2, 0) is 0 Å². The van der Waals surface area contributed by atoms with Gasteiger partial charge < -0.3 is 19.7 Å². The van der Waals surface area contributed by atoms with Crippen LogP contribution in [0.3, 0.4) is 0 Å². The fourth-order valence-electron chi connectivity index (χ4n) is 6.89. The standard InChI is InChI=1S/C35H34ClN5S/c1-23-18-24(2)22-39(21-23)31-15-14-28(20-29(31)36)41-34(33(38-35(41)42)30-10-5-6-16-37-30)32-11-7-17-40(32)27-13-12-25-8-3-4-9-26(25)19-27/h3-17,19-20,23-24,33-34H,18,21-22H2,1-2H3,(H,38,42)/t23-,24-,33-,34-/m0/s1. The molecule has 4 heterocycles. The first-order valence-corrected chi connectivity index (χ1v) is 15.5. The molecule has 7 heteroatoms. The van der Waals surface area contributed by atoms with E-state index in [1.807, 2.05) is 18.3 Å². The molecule has 7 rings (SSSR count). The highest BCUT2D eigenvalue weighted by molar-refractivity contribution is 7.80. The van der Waals surface area contributed by atoms with Crippen molar-refractivity contribution in [3.05, 3.63) is 120 Å². The lowest BCUT2D eigenvalue weighted by Crippen LogP contribution is -2.38.